The van der Waals surface area contributed by atoms with Gasteiger partial charge in [-0.3, -0.25) is 0 Å². The van der Waals surface area contributed by atoms with Crippen LogP contribution in [0.25, 0.3) is 11.1 Å². The molecule has 0 saturated carbocycles. The zero-order chi connectivity index (χ0) is 20.8. The van der Waals surface area contributed by atoms with E-state index in [9.17, 15) is 14.7 Å². The van der Waals surface area contributed by atoms with Crippen molar-refractivity contribution in [2.75, 3.05) is 0 Å². The van der Waals surface area contributed by atoms with Crippen LogP contribution in [-0.4, -0.2) is 28.3 Å². The van der Waals surface area contributed by atoms with E-state index in [1.807, 2.05) is 18.2 Å². The van der Waals surface area contributed by atoms with Crippen LogP contribution in [0.4, 0.5) is 4.79 Å². The molecule has 0 aliphatic carbocycles. The first kappa shape index (κ1) is 21.5. The van der Waals surface area contributed by atoms with E-state index in [-0.39, 0.29) is 0 Å². The Morgan fingerprint density at radius 1 is 0.929 bits per heavy atom. The summed E-state index contributed by atoms with van der Waals surface area (Å²) in [4.78, 5) is 23.7. The fraction of sp³-hybridized carbons (Fsp3) is 0.391. The molecule has 150 valence electrons. The lowest BCUT2D eigenvalue weighted by Crippen LogP contribution is -2.53. The Morgan fingerprint density at radius 2 is 1.50 bits per heavy atom. The summed E-state index contributed by atoms with van der Waals surface area (Å²) >= 11 is 0. The third-order valence-electron chi connectivity index (χ3n) is 4.45. The second kappa shape index (κ2) is 8.91. The third-order valence-corrected chi connectivity index (χ3v) is 4.45. The maximum absolute atomic E-state index is 12.0. The Kier molecular flexibility index (Phi) is 6.84. The van der Waals surface area contributed by atoms with Gasteiger partial charge >= 0.3 is 12.1 Å². The van der Waals surface area contributed by atoms with Gasteiger partial charge in [0.2, 0.25) is 0 Å². The molecule has 0 spiro atoms. The molecule has 0 bridgehead atoms. The van der Waals surface area contributed by atoms with Gasteiger partial charge in [0.25, 0.3) is 0 Å². The molecular weight excluding hydrogens is 354 g/mol. The lowest BCUT2D eigenvalue weighted by molar-refractivity contribution is -0.144. The van der Waals surface area contributed by atoms with E-state index in [4.69, 9.17) is 4.74 Å². The molecule has 1 atom stereocenters. The molecule has 2 aromatic rings. The van der Waals surface area contributed by atoms with Crippen molar-refractivity contribution < 1.29 is 19.4 Å². The molecule has 0 radical (unpaired) electrons. The Hall–Kier alpha value is -2.82. The highest BCUT2D eigenvalue weighted by molar-refractivity contribution is 5.83. The van der Waals surface area contributed by atoms with E-state index in [2.05, 4.69) is 41.7 Å². The smallest absolute Gasteiger partial charge is 0.408 e. The fourth-order valence-electron chi connectivity index (χ4n) is 2.89. The topological polar surface area (TPSA) is 75.6 Å². The first-order chi connectivity index (χ1) is 13.1. The summed E-state index contributed by atoms with van der Waals surface area (Å²) in [6.45, 7) is 6.73. The van der Waals surface area contributed by atoms with Crippen molar-refractivity contribution in [2.45, 2.75) is 58.1 Å². The molecule has 2 N–H and O–H groups in total. The minimum atomic E-state index is -1.37. The van der Waals surface area contributed by atoms with Crippen LogP contribution in [0.5, 0.6) is 0 Å². The normalized spacial score (nSPS) is 13.4. The minimum Gasteiger partial charge on any atom is -0.480 e. The predicted octanol–water partition coefficient (Wildman–Crippen LogP) is 5.04. The van der Waals surface area contributed by atoms with Gasteiger partial charge in [0.1, 0.15) is 11.1 Å². The fourth-order valence-corrected chi connectivity index (χ4v) is 2.89. The van der Waals surface area contributed by atoms with Gasteiger partial charge in [-0.05, 0) is 63.6 Å². The quantitative estimate of drug-likeness (QED) is 0.702. The van der Waals surface area contributed by atoms with Crippen LogP contribution < -0.4 is 5.32 Å². The van der Waals surface area contributed by atoms with Crippen LogP contribution in [0.3, 0.4) is 0 Å². The van der Waals surface area contributed by atoms with Crippen molar-refractivity contribution in [2.24, 2.45) is 0 Å². The number of amides is 1. The molecule has 2 aromatic carbocycles. The SMILES string of the molecule is CC(C)(C)OC(=O)N[C@@](C)(CCCc1ccc(-c2ccccc2)cc1)C(=O)O. The van der Waals surface area contributed by atoms with Crippen molar-refractivity contribution in [3.8, 4) is 11.1 Å². The van der Waals surface area contributed by atoms with Gasteiger partial charge in [0, 0.05) is 0 Å². The van der Waals surface area contributed by atoms with Crippen LogP contribution in [0.2, 0.25) is 0 Å². The lowest BCUT2D eigenvalue weighted by Gasteiger charge is -2.28. The van der Waals surface area contributed by atoms with Crippen molar-refractivity contribution in [1.29, 1.82) is 0 Å². The average Bonchev–Trinajstić information content (AvgIpc) is 2.61. The number of aryl methyl sites for hydroxylation is 1. The molecule has 5 nitrogen and oxygen atoms in total. The molecule has 1 amide bonds. The molecule has 0 aliphatic heterocycles. The molecule has 0 unspecified atom stereocenters. The molecular formula is C23H29NO4. The Balaban J connectivity index is 1.93. The second-order valence-corrected chi connectivity index (χ2v) is 8.18. The number of rotatable bonds is 7. The zero-order valence-corrected chi connectivity index (χ0v) is 17.0. The van der Waals surface area contributed by atoms with Crippen molar-refractivity contribution >= 4 is 12.1 Å². The number of benzene rings is 2. The minimum absolute atomic E-state index is 0.308. The van der Waals surface area contributed by atoms with E-state index in [1.54, 1.807) is 20.8 Å². The number of ether oxygens (including phenoxy) is 1. The highest BCUT2D eigenvalue weighted by atomic mass is 16.6. The number of alkyl carbamates (subject to hydrolysis) is 1. The van der Waals surface area contributed by atoms with Crippen molar-refractivity contribution in [1.82, 2.24) is 5.32 Å². The van der Waals surface area contributed by atoms with Crippen LogP contribution in [0, 0.1) is 0 Å². The monoisotopic (exact) mass is 383 g/mol. The first-order valence-electron chi connectivity index (χ1n) is 9.48. The molecule has 0 aromatic heterocycles. The molecule has 0 aliphatic rings. The van der Waals surface area contributed by atoms with Gasteiger partial charge in [-0.25, -0.2) is 9.59 Å². The summed E-state index contributed by atoms with van der Waals surface area (Å²) < 4.78 is 5.19. The molecule has 0 fully saturated rings. The number of hydrogen-bond donors (Lipinski definition) is 2. The third kappa shape index (κ3) is 6.41. The zero-order valence-electron chi connectivity index (χ0n) is 17.0. The van der Waals surface area contributed by atoms with Gasteiger partial charge in [0.05, 0.1) is 0 Å². The molecule has 28 heavy (non-hydrogen) atoms. The Morgan fingerprint density at radius 3 is 2.04 bits per heavy atom. The van der Waals surface area contributed by atoms with Gasteiger partial charge < -0.3 is 15.2 Å². The van der Waals surface area contributed by atoms with E-state index in [1.165, 1.54) is 6.92 Å². The maximum atomic E-state index is 12.0. The van der Waals surface area contributed by atoms with Gasteiger partial charge in [-0.15, -0.1) is 0 Å². The molecule has 0 heterocycles. The van der Waals surface area contributed by atoms with Crippen LogP contribution in [0.15, 0.2) is 54.6 Å². The number of carboxylic acids is 1. The summed E-state index contributed by atoms with van der Waals surface area (Å²) in [7, 11) is 0. The van der Waals surface area contributed by atoms with Crippen LogP contribution >= 0.6 is 0 Å². The average molecular weight is 383 g/mol. The second-order valence-electron chi connectivity index (χ2n) is 8.18. The van der Waals surface area contributed by atoms with E-state index in [0.29, 0.717) is 12.8 Å². The number of aliphatic carboxylic acids is 1. The Bertz CT molecular complexity index is 794. The van der Waals surface area contributed by atoms with E-state index < -0.39 is 23.2 Å². The molecule has 0 saturated heterocycles. The summed E-state index contributed by atoms with van der Waals surface area (Å²) in [5, 5.41) is 12.1. The largest absolute Gasteiger partial charge is 0.480 e. The summed E-state index contributed by atoms with van der Waals surface area (Å²) in [5.41, 5.74) is 1.39. The predicted molar refractivity (Wildman–Crippen MR) is 110 cm³/mol. The molecule has 5 heteroatoms. The first-order valence-corrected chi connectivity index (χ1v) is 9.48. The number of carbonyl (C=O) groups is 2. The summed E-state index contributed by atoms with van der Waals surface area (Å²) in [5.74, 6) is -1.07. The lowest BCUT2D eigenvalue weighted by atomic mass is 9.93. The molecule has 2 rings (SSSR count). The van der Waals surface area contributed by atoms with E-state index >= 15 is 0 Å². The standard InChI is InChI=1S/C23H29NO4/c1-22(2,3)28-21(27)24-23(4,20(25)26)16-8-9-17-12-14-19(15-13-17)18-10-6-5-7-11-18/h5-7,10-15H,8-9,16H2,1-4H3,(H,24,27)(H,25,26)/t23-/m0/s1. The Labute approximate surface area is 166 Å². The highest BCUT2D eigenvalue weighted by Crippen LogP contribution is 2.21. The van der Waals surface area contributed by atoms with Gasteiger partial charge in [-0.1, -0.05) is 54.6 Å². The van der Waals surface area contributed by atoms with Crippen LogP contribution in [-0.2, 0) is 16.0 Å². The highest BCUT2D eigenvalue weighted by Gasteiger charge is 2.35. The number of nitrogens with one attached hydrogen (secondary N) is 1. The number of carboxylic acid groups (broad SMARTS) is 1. The van der Waals surface area contributed by atoms with Gasteiger partial charge in [0.15, 0.2) is 0 Å². The number of hydrogen-bond acceptors (Lipinski definition) is 3. The number of carbonyl (C=O) groups excluding carboxylic acids is 1. The summed E-state index contributed by atoms with van der Waals surface area (Å²) in [6.07, 6.45) is 0.948. The van der Waals surface area contributed by atoms with Gasteiger partial charge in [-0.2, -0.15) is 0 Å². The summed E-state index contributed by atoms with van der Waals surface area (Å²) in [6, 6.07) is 18.4. The van der Waals surface area contributed by atoms with E-state index in [0.717, 1.165) is 23.1 Å². The maximum Gasteiger partial charge on any atom is 0.408 e. The van der Waals surface area contributed by atoms with Crippen molar-refractivity contribution in [3.05, 3.63) is 60.2 Å². The van der Waals surface area contributed by atoms with Crippen molar-refractivity contribution in [3.63, 3.8) is 0 Å². The van der Waals surface area contributed by atoms with Crippen LogP contribution in [0.1, 0.15) is 46.1 Å².